The Morgan fingerprint density at radius 3 is 2.39 bits per heavy atom. The topological polar surface area (TPSA) is 55.8 Å². The van der Waals surface area contributed by atoms with Gasteiger partial charge in [0.15, 0.2) is 0 Å². The first-order chi connectivity index (χ1) is 10.8. The number of carbonyl (C=O) groups is 2. The largest absolute Gasteiger partial charge is 0.462 e. The highest BCUT2D eigenvalue weighted by atomic mass is 16.6. The molecular weight excluding hydrogens is 294 g/mol. The third-order valence-electron chi connectivity index (χ3n) is 3.34. The first-order valence-corrected chi connectivity index (χ1v) is 7.74. The standard InChI is InChI=1S/C18H23NO4/c1-5-22-16(20)14-8-6-13(7-9-14)15-10-11-19(12-15)17(21)23-18(2,3)4/h6-10H,5,11-12H2,1-4H3. The molecule has 0 fully saturated rings. The van der Waals surface area contributed by atoms with Crippen molar-refractivity contribution >= 4 is 17.6 Å². The third kappa shape index (κ3) is 4.58. The van der Waals surface area contributed by atoms with Gasteiger partial charge in [0.1, 0.15) is 5.60 Å². The summed E-state index contributed by atoms with van der Waals surface area (Å²) in [7, 11) is 0. The van der Waals surface area contributed by atoms with Gasteiger partial charge in [-0.3, -0.25) is 0 Å². The normalized spacial score (nSPS) is 14.4. The summed E-state index contributed by atoms with van der Waals surface area (Å²) in [6, 6.07) is 7.22. The van der Waals surface area contributed by atoms with Crippen LogP contribution in [0.3, 0.4) is 0 Å². The second-order valence-electron chi connectivity index (χ2n) is 6.39. The Morgan fingerprint density at radius 2 is 1.83 bits per heavy atom. The van der Waals surface area contributed by atoms with Crippen molar-refractivity contribution in [2.45, 2.75) is 33.3 Å². The predicted molar refractivity (Wildman–Crippen MR) is 88.2 cm³/mol. The summed E-state index contributed by atoms with van der Waals surface area (Å²) in [6.45, 7) is 8.73. The zero-order chi connectivity index (χ0) is 17.0. The molecule has 1 amide bonds. The summed E-state index contributed by atoms with van der Waals surface area (Å²) in [5.74, 6) is -0.324. The second kappa shape index (κ2) is 6.86. The molecule has 1 aliphatic rings. The second-order valence-corrected chi connectivity index (χ2v) is 6.39. The molecule has 2 rings (SSSR count). The molecule has 1 aromatic rings. The van der Waals surface area contributed by atoms with E-state index in [1.165, 1.54) is 0 Å². The maximum Gasteiger partial charge on any atom is 0.410 e. The average molecular weight is 317 g/mol. The Kier molecular flexibility index (Phi) is 5.08. The van der Waals surface area contributed by atoms with Crippen LogP contribution in [0.5, 0.6) is 0 Å². The molecule has 0 aromatic heterocycles. The Hall–Kier alpha value is -2.30. The molecule has 0 saturated carbocycles. The molecular formula is C18H23NO4. The number of rotatable bonds is 3. The monoisotopic (exact) mass is 317 g/mol. The van der Waals surface area contributed by atoms with E-state index in [0.29, 0.717) is 25.3 Å². The van der Waals surface area contributed by atoms with E-state index >= 15 is 0 Å². The smallest absolute Gasteiger partial charge is 0.410 e. The van der Waals surface area contributed by atoms with Crippen LogP contribution in [0.2, 0.25) is 0 Å². The first kappa shape index (κ1) is 17.1. The van der Waals surface area contributed by atoms with Gasteiger partial charge in [0.25, 0.3) is 0 Å². The van der Waals surface area contributed by atoms with E-state index in [-0.39, 0.29) is 12.1 Å². The quantitative estimate of drug-likeness (QED) is 0.801. The van der Waals surface area contributed by atoms with Crippen LogP contribution in [-0.2, 0) is 9.47 Å². The van der Waals surface area contributed by atoms with Crippen LogP contribution in [-0.4, -0.2) is 42.3 Å². The van der Waals surface area contributed by atoms with E-state index in [1.54, 1.807) is 24.0 Å². The zero-order valence-corrected chi connectivity index (χ0v) is 14.1. The number of ether oxygens (including phenoxy) is 2. The van der Waals surface area contributed by atoms with Crippen molar-refractivity contribution in [3.05, 3.63) is 41.5 Å². The fraction of sp³-hybridized carbons (Fsp3) is 0.444. The summed E-state index contributed by atoms with van der Waals surface area (Å²) in [5, 5.41) is 0. The lowest BCUT2D eigenvalue weighted by Gasteiger charge is -2.24. The van der Waals surface area contributed by atoms with Crippen molar-refractivity contribution in [1.82, 2.24) is 4.90 Å². The van der Waals surface area contributed by atoms with Crippen LogP contribution in [0.15, 0.2) is 30.3 Å². The van der Waals surface area contributed by atoms with Gasteiger partial charge in [0.2, 0.25) is 0 Å². The van der Waals surface area contributed by atoms with Gasteiger partial charge in [0.05, 0.1) is 12.2 Å². The molecule has 0 unspecified atom stereocenters. The van der Waals surface area contributed by atoms with Crippen molar-refractivity contribution in [3.8, 4) is 0 Å². The summed E-state index contributed by atoms with van der Waals surface area (Å²) in [4.78, 5) is 25.4. The minimum atomic E-state index is -0.499. The Balaban J connectivity index is 1.99. The van der Waals surface area contributed by atoms with Gasteiger partial charge in [-0.1, -0.05) is 18.2 Å². The van der Waals surface area contributed by atoms with Gasteiger partial charge in [-0.25, -0.2) is 9.59 Å². The van der Waals surface area contributed by atoms with E-state index in [1.807, 2.05) is 39.0 Å². The minimum Gasteiger partial charge on any atom is -0.462 e. The highest BCUT2D eigenvalue weighted by molar-refractivity contribution is 5.90. The molecule has 124 valence electrons. The van der Waals surface area contributed by atoms with Crippen LogP contribution < -0.4 is 0 Å². The Labute approximate surface area is 136 Å². The molecule has 0 radical (unpaired) electrons. The summed E-state index contributed by atoms with van der Waals surface area (Å²) in [6.07, 6.45) is 1.69. The summed E-state index contributed by atoms with van der Waals surface area (Å²) in [5.41, 5.74) is 2.06. The maximum absolute atomic E-state index is 12.1. The van der Waals surface area contributed by atoms with Gasteiger partial charge in [0, 0.05) is 13.1 Å². The lowest BCUT2D eigenvalue weighted by atomic mass is 10.0. The number of benzene rings is 1. The fourth-order valence-electron chi connectivity index (χ4n) is 2.26. The van der Waals surface area contributed by atoms with Crippen molar-refractivity contribution in [1.29, 1.82) is 0 Å². The molecule has 0 N–H and O–H groups in total. The van der Waals surface area contributed by atoms with E-state index in [0.717, 1.165) is 11.1 Å². The highest BCUT2D eigenvalue weighted by Crippen LogP contribution is 2.23. The molecule has 23 heavy (non-hydrogen) atoms. The molecule has 1 aliphatic heterocycles. The van der Waals surface area contributed by atoms with Gasteiger partial charge in [-0.2, -0.15) is 0 Å². The van der Waals surface area contributed by atoms with Crippen LogP contribution in [0.4, 0.5) is 4.79 Å². The SMILES string of the molecule is CCOC(=O)c1ccc(C2=CCN(C(=O)OC(C)(C)C)C2)cc1. The fourth-order valence-corrected chi connectivity index (χ4v) is 2.26. The lowest BCUT2D eigenvalue weighted by molar-refractivity contribution is 0.0306. The third-order valence-corrected chi connectivity index (χ3v) is 3.34. The van der Waals surface area contributed by atoms with E-state index in [2.05, 4.69) is 0 Å². The molecule has 0 saturated heterocycles. The molecule has 1 aromatic carbocycles. The minimum absolute atomic E-state index is 0.313. The Morgan fingerprint density at radius 1 is 1.17 bits per heavy atom. The van der Waals surface area contributed by atoms with Gasteiger partial charge in [-0.15, -0.1) is 0 Å². The summed E-state index contributed by atoms with van der Waals surface area (Å²) >= 11 is 0. The first-order valence-electron chi connectivity index (χ1n) is 7.74. The van der Waals surface area contributed by atoms with Crippen LogP contribution in [0, 0.1) is 0 Å². The number of esters is 1. The lowest BCUT2D eigenvalue weighted by Crippen LogP contribution is -2.35. The number of hydrogen-bond donors (Lipinski definition) is 0. The molecule has 1 heterocycles. The van der Waals surface area contributed by atoms with Gasteiger partial charge in [-0.05, 0) is 51.0 Å². The van der Waals surface area contributed by atoms with Gasteiger partial charge < -0.3 is 14.4 Å². The number of amides is 1. The van der Waals surface area contributed by atoms with Crippen molar-refractivity contribution in [3.63, 3.8) is 0 Å². The van der Waals surface area contributed by atoms with Crippen LogP contribution in [0.25, 0.3) is 5.57 Å². The Bertz CT molecular complexity index is 611. The molecule has 0 bridgehead atoms. The molecule has 0 spiro atoms. The van der Waals surface area contributed by atoms with Crippen molar-refractivity contribution < 1.29 is 19.1 Å². The zero-order valence-electron chi connectivity index (χ0n) is 14.1. The number of nitrogens with zero attached hydrogens (tertiary/aromatic N) is 1. The highest BCUT2D eigenvalue weighted by Gasteiger charge is 2.25. The maximum atomic E-state index is 12.1. The van der Waals surface area contributed by atoms with E-state index in [9.17, 15) is 9.59 Å². The molecule has 5 heteroatoms. The van der Waals surface area contributed by atoms with Gasteiger partial charge >= 0.3 is 12.1 Å². The van der Waals surface area contributed by atoms with E-state index < -0.39 is 5.60 Å². The molecule has 0 aliphatic carbocycles. The number of carbonyl (C=O) groups excluding carboxylic acids is 2. The molecule has 5 nitrogen and oxygen atoms in total. The van der Waals surface area contributed by atoms with Crippen LogP contribution >= 0.6 is 0 Å². The van der Waals surface area contributed by atoms with Crippen molar-refractivity contribution in [2.24, 2.45) is 0 Å². The summed E-state index contributed by atoms with van der Waals surface area (Å²) < 4.78 is 10.3. The van der Waals surface area contributed by atoms with Crippen LogP contribution in [0.1, 0.15) is 43.6 Å². The predicted octanol–water partition coefficient (Wildman–Crippen LogP) is 3.50. The van der Waals surface area contributed by atoms with Crippen molar-refractivity contribution in [2.75, 3.05) is 19.7 Å². The average Bonchev–Trinajstić information content (AvgIpc) is 2.96. The number of hydrogen-bond acceptors (Lipinski definition) is 4. The molecule has 0 atom stereocenters. The van der Waals surface area contributed by atoms with E-state index in [4.69, 9.17) is 9.47 Å².